The van der Waals surface area contributed by atoms with E-state index in [-0.39, 0.29) is 37.2 Å². The Balaban J connectivity index is 1.56. The Hall–Kier alpha value is -2.94. The van der Waals surface area contributed by atoms with Crippen molar-refractivity contribution in [2.24, 2.45) is 5.41 Å². The number of benzene rings is 2. The summed E-state index contributed by atoms with van der Waals surface area (Å²) in [5.41, 5.74) is -3.49. The van der Waals surface area contributed by atoms with Gasteiger partial charge in [-0.1, -0.05) is 30.3 Å². The monoisotopic (exact) mass is 478 g/mol. The van der Waals surface area contributed by atoms with E-state index in [2.05, 4.69) is 5.32 Å². The number of piperidine rings is 2. The SMILES string of the molecule is CC(O)(C(=O)N1CCC2(CC1)CC(=O)NC[C@H]2c1ccc(F)cc1)c1ccccc1C(F)(F)F. The third-order valence-corrected chi connectivity index (χ3v) is 7.25. The molecule has 0 radical (unpaired) electrons. The van der Waals surface area contributed by atoms with Gasteiger partial charge < -0.3 is 15.3 Å². The largest absolute Gasteiger partial charge is 0.416 e. The molecule has 2 aliphatic heterocycles. The van der Waals surface area contributed by atoms with Gasteiger partial charge in [0.05, 0.1) is 5.56 Å². The van der Waals surface area contributed by atoms with Gasteiger partial charge in [0, 0.05) is 37.5 Å². The minimum atomic E-state index is -4.72. The van der Waals surface area contributed by atoms with Crippen molar-refractivity contribution < 1.29 is 32.3 Å². The molecule has 2 N–H and O–H groups in total. The lowest BCUT2D eigenvalue weighted by molar-refractivity contribution is -0.156. The second-order valence-corrected chi connectivity index (χ2v) is 9.36. The fraction of sp³-hybridized carbons (Fsp3) is 0.440. The fourth-order valence-corrected chi connectivity index (χ4v) is 5.36. The molecular formula is C25H26F4N2O3. The summed E-state index contributed by atoms with van der Waals surface area (Å²) >= 11 is 0. The third-order valence-electron chi connectivity index (χ3n) is 7.25. The Kier molecular flexibility index (Phi) is 6.18. The van der Waals surface area contributed by atoms with Crippen LogP contribution in [0.4, 0.5) is 17.6 Å². The normalized spacial score (nSPS) is 22.2. The topological polar surface area (TPSA) is 69.6 Å². The molecule has 2 aromatic rings. The lowest BCUT2D eigenvalue weighted by atomic mass is 9.62. The van der Waals surface area contributed by atoms with Crippen molar-refractivity contribution in [2.75, 3.05) is 19.6 Å². The molecule has 182 valence electrons. The molecule has 4 rings (SSSR count). The number of nitrogens with one attached hydrogen (secondary N) is 1. The van der Waals surface area contributed by atoms with Crippen molar-refractivity contribution >= 4 is 11.8 Å². The van der Waals surface area contributed by atoms with Crippen LogP contribution in [0.1, 0.15) is 48.8 Å². The molecule has 0 aliphatic carbocycles. The van der Waals surface area contributed by atoms with Gasteiger partial charge in [0.15, 0.2) is 5.60 Å². The van der Waals surface area contributed by atoms with Crippen molar-refractivity contribution in [1.29, 1.82) is 0 Å². The minimum absolute atomic E-state index is 0.0884. The zero-order chi connectivity index (χ0) is 24.7. The summed E-state index contributed by atoms with van der Waals surface area (Å²) in [6.07, 6.45) is -3.61. The molecule has 2 aliphatic rings. The number of alkyl halides is 3. The number of carbonyl (C=O) groups is 2. The van der Waals surface area contributed by atoms with Crippen molar-refractivity contribution in [3.8, 4) is 0 Å². The maximum atomic E-state index is 13.5. The molecule has 0 saturated carbocycles. The van der Waals surface area contributed by atoms with Crippen LogP contribution < -0.4 is 5.32 Å². The highest BCUT2D eigenvalue weighted by molar-refractivity contribution is 5.86. The Bertz CT molecular complexity index is 1070. The number of hydrogen-bond donors (Lipinski definition) is 2. The first-order valence-corrected chi connectivity index (χ1v) is 11.1. The van der Waals surface area contributed by atoms with Crippen LogP contribution in [0.5, 0.6) is 0 Å². The van der Waals surface area contributed by atoms with Crippen LogP contribution >= 0.6 is 0 Å². The Morgan fingerprint density at radius 1 is 1.06 bits per heavy atom. The van der Waals surface area contributed by atoms with Crippen LogP contribution in [-0.4, -0.2) is 41.5 Å². The highest BCUT2D eigenvalue weighted by Crippen LogP contribution is 2.49. The quantitative estimate of drug-likeness (QED) is 0.657. The molecule has 2 amide bonds. The number of nitrogens with zero attached hydrogens (tertiary/aromatic N) is 1. The summed E-state index contributed by atoms with van der Waals surface area (Å²) in [5.74, 6) is -1.36. The van der Waals surface area contributed by atoms with Gasteiger partial charge in [-0.25, -0.2) is 4.39 Å². The van der Waals surface area contributed by atoms with Crippen LogP contribution in [0.3, 0.4) is 0 Å². The van der Waals surface area contributed by atoms with Crippen LogP contribution in [0.2, 0.25) is 0 Å². The Morgan fingerprint density at radius 2 is 1.65 bits per heavy atom. The van der Waals surface area contributed by atoms with Crippen LogP contribution in [-0.2, 0) is 21.4 Å². The van der Waals surface area contributed by atoms with Gasteiger partial charge in [-0.3, -0.25) is 9.59 Å². The maximum absolute atomic E-state index is 13.5. The molecule has 1 unspecified atom stereocenters. The van der Waals surface area contributed by atoms with E-state index in [9.17, 15) is 32.3 Å². The van der Waals surface area contributed by atoms with E-state index >= 15 is 0 Å². The molecule has 9 heteroatoms. The summed E-state index contributed by atoms with van der Waals surface area (Å²) in [7, 11) is 0. The molecule has 0 bridgehead atoms. The van der Waals surface area contributed by atoms with Crippen LogP contribution in [0.15, 0.2) is 48.5 Å². The molecule has 5 nitrogen and oxygen atoms in total. The second-order valence-electron chi connectivity index (χ2n) is 9.36. The first-order chi connectivity index (χ1) is 15.9. The number of halogens is 4. The number of aliphatic hydroxyl groups is 1. The summed E-state index contributed by atoms with van der Waals surface area (Å²) < 4.78 is 53.9. The number of rotatable bonds is 3. The van der Waals surface area contributed by atoms with Gasteiger partial charge >= 0.3 is 6.18 Å². The summed E-state index contributed by atoms with van der Waals surface area (Å²) in [6.45, 7) is 1.84. The van der Waals surface area contributed by atoms with Crippen molar-refractivity contribution in [2.45, 2.75) is 43.9 Å². The van der Waals surface area contributed by atoms with E-state index in [0.29, 0.717) is 19.4 Å². The molecule has 2 atom stereocenters. The van der Waals surface area contributed by atoms with Crippen LogP contribution in [0, 0.1) is 11.2 Å². The van der Waals surface area contributed by atoms with Gasteiger partial charge in [-0.15, -0.1) is 0 Å². The fourth-order valence-electron chi connectivity index (χ4n) is 5.36. The number of hydrogen-bond acceptors (Lipinski definition) is 3. The van der Waals surface area contributed by atoms with Gasteiger partial charge in [0.1, 0.15) is 5.82 Å². The molecule has 2 saturated heterocycles. The standard InChI is InChI=1S/C25H26F4N2O3/c1-23(34,18-4-2-3-5-19(18)25(27,28)29)22(33)31-12-10-24(11-13-31)14-21(32)30-15-20(24)16-6-8-17(26)9-7-16/h2-9,20,34H,10-15H2,1H3,(H,30,32)/t20-,23?/m0/s1. The zero-order valence-electron chi connectivity index (χ0n) is 18.7. The van der Waals surface area contributed by atoms with E-state index < -0.39 is 34.2 Å². The lowest BCUT2D eigenvalue weighted by Gasteiger charge is -2.49. The second kappa shape index (κ2) is 8.69. The molecule has 1 spiro atoms. The summed E-state index contributed by atoms with van der Waals surface area (Å²) in [4.78, 5) is 26.8. The van der Waals surface area contributed by atoms with Crippen LogP contribution in [0.25, 0.3) is 0 Å². The van der Waals surface area contributed by atoms with Gasteiger partial charge in [-0.05, 0) is 48.9 Å². The van der Waals surface area contributed by atoms with E-state index in [1.165, 1.54) is 29.2 Å². The van der Waals surface area contributed by atoms with Crippen molar-refractivity contribution in [1.82, 2.24) is 10.2 Å². The van der Waals surface area contributed by atoms with E-state index in [0.717, 1.165) is 24.6 Å². The Labute approximate surface area is 194 Å². The maximum Gasteiger partial charge on any atom is 0.416 e. The average molecular weight is 478 g/mol. The molecule has 2 aromatic carbocycles. The van der Waals surface area contributed by atoms with Crippen molar-refractivity contribution in [3.63, 3.8) is 0 Å². The molecule has 34 heavy (non-hydrogen) atoms. The molecular weight excluding hydrogens is 452 g/mol. The van der Waals surface area contributed by atoms with Crippen molar-refractivity contribution in [3.05, 3.63) is 71.0 Å². The number of amides is 2. The highest BCUT2D eigenvalue weighted by Gasteiger charge is 2.49. The van der Waals surface area contributed by atoms with Gasteiger partial charge in [-0.2, -0.15) is 13.2 Å². The predicted octanol–water partition coefficient (Wildman–Crippen LogP) is 3.96. The van der Waals surface area contributed by atoms with E-state index in [1.807, 2.05) is 0 Å². The third kappa shape index (κ3) is 4.41. The predicted molar refractivity (Wildman–Crippen MR) is 116 cm³/mol. The van der Waals surface area contributed by atoms with E-state index in [4.69, 9.17) is 0 Å². The molecule has 2 heterocycles. The van der Waals surface area contributed by atoms with Gasteiger partial charge in [0.25, 0.3) is 5.91 Å². The first kappa shape index (κ1) is 24.2. The summed E-state index contributed by atoms with van der Waals surface area (Å²) in [6, 6.07) is 10.6. The summed E-state index contributed by atoms with van der Waals surface area (Å²) in [5, 5.41) is 13.8. The van der Waals surface area contributed by atoms with Gasteiger partial charge in [0.2, 0.25) is 5.91 Å². The lowest BCUT2D eigenvalue weighted by Crippen LogP contribution is -2.55. The Morgan fingerprint density at radius 3 is 2.24 bits per heavy atom. The number of carbonyl (C=O) groups excluding carboxylic acids is 2. The molecule has 2 fully saturated rings. The highest BCUT2D eigenvalue weighted by atomic mass is 19.4. The number of likely N-dealkylation sites (tertiary alicyclic amines) is 1. The minimum Gasteiger partial charge on any atom is -0.376 e. The average Bonchev–Trinajstić information content (AvgIpc) is 2.79. The zero-order valence-corrected chi connectivity index (χ0v) is 18.7. The first-order valence-electron chi connectivity index (χ1n) is 11.1. The molecule has 0 aromatic heterocycles. The smallest absolute Gasteiger partial charge is 0.376 e. The van der Waals surface area contributed by atoms with E-state index in [1.54, 1.807) is 12.1 Å².